The van der Waals surface area contributed by atoms with E-state index in [1.165, 1.54) is 23.9 Å². The summed E-state index contributed by atoms with van der Waals surface area (Å²) < 4.78 is 20.8. The number of hydrogen-bond acceptors (Lipinski definition) is 5. The fraction of sp³-hybridized carbons (Fsp3) is 0.227. The molecule has 0 bridgehead atoms. The molecule has 0 fully saturated rings. The Kier molecular flexibility index (Phi) is 7.70. The number of aromatic nitrogens is 3. The predicted molar refractivity (Wildman–Crippen MR) is 121 cm³/mol. The smallest absolute Gasteiger partial charge is 0.234 e. The molecule has 1 aromatic heterocycles. The first-order chi connectivity index (χ1) is 14.9. The molecule has 31 heavy (non-hydrogen) atoms. The van der Waals surface area contributed by atoms with Gasteiger partial charge in [0.05, 0.1) is 5.75 Å². The van der Waals surface area contributed by atoms with Gasteiger partial charge in [0.15, 0.2) is 17.1 Å². The standard InChI is InChI=1S/C22H22ClFN4O2S/c1-4-11-28-21(15(3)30-18-9-7-17(24)8-10-18)26-27-22(28)31-13-20(29)25-19-12-16(23)6-5-14(19)2/h4-10,12,15H,1,11,13H2,2-3H3,(H,25,29). The van der Waals surface area contributed by atoms with Crippen molar-refractivity contribution in [2.75, 3.05) is 11.1 Å². The molecule has 3 aromatic rings. The number of thioether (sulfide) groups is 1. The van der Waals surface area contributed by atoms with Crippen LogP contribution in [-0.4, -0.2) is 26.4 Å². The van der Waals surface area contributed by atoms with E-state index in [-0.39, 0.29) is 17.5 Å². The topological polar surface area (TPSA) is 69.0 Å². The lowest BCUT2D eigenvalue weighted by atomic mass is 10.2. The number of nitrogens with zero attached hydrogens (tertiary/aromatic N) is 3. The Morgan fingerprint density at radius 3 is 2.77 bits per heavy atom. The molecule has 1 heterocycles. The number of halogens is 2. The third kappa shape index (κ3) is 6.08. The second-order valence-corrected chi connectivity index (χ2v) is 8.13. The van der Waals surface area contributed by atoms with Crippen molar-refractivity contribution in [1.82, 2.24) is 14.8 Å². The van der Waals surface area contributed by atoms with Crippen molar-refractivity contribution in [3.8, 4) is 5.75 Å². The molecule has 0 spiro atoms. The Morgan fingerprint density at radius 1 is 1.32 bits per heavy atom. The summed E-state index contributed by atoms with van der Waals surface area (Å²) in [5, 5.41) is 12.4. The fourth-order valence-corrected chi connectivity index (χ4v) is 3.75. The average molecular weight is 461 g/mol. The number of carbonyl (C=O) groups is 1. The van der Waals surface area contributed by atoms with Gasteiger partial charge in [0.25, 0.3) is 0 Å². The van der Waals surface area contributed by atoms with Gasteiger partial charge >= 0.3 is 0 Å². The molecule has 2 aromatic carbocycles. The van der Waals surface area contributed by atoms with Crippen molar-refractivity contribution in [3.63, 3.8) is 0 Å². The summed E-state index contributed by atoms with van der Waals surface area (Å²) in [5.41, 5.74) is 1.60. The van der Waals surface area contributed by atoms with Crippen molar-refractivity contribution in [3.05, 3.63) is 77.3 Å². The number of amides is 1. The zero-order chi connectivity index (χ0) is 22.4. The summed E-state index contributed by atoms with van der Waals surface area (Å²) in [6.07, 6.45) is 1.28. The third-order valence-electron chi connectivity index (χ3n) is 4.35. The van der Waals surface area contributed by atoms with E-state index in [4.69, 9.17) is 16.3 Å². The zero-order valence-corrected chi connectivity index (χ0v) is 18.7. The molecule has 1 amide bonds. The Labute approximate surface area is 189 Å². The van der Waals surface area contributed by atoms with Crippen LogP contribution in [0.4, 0.5) is 10.1 Å². The van der Waals surface area contributed by atoms with Gasteiger partial charge in [0.1, 0.15) is 11.6 Å². The number of ether oxygens (including phenoxy) is 1. The van der Waals surface area contributed by atoms with E-state index in [9.17, 15) is 9.18 Å². The van der Waals surface area contributed by atoms with Gasteiger partial charge in [-0.25, -0.2) is 4.39 Å². The zero-order valence-electron chi connectivity index (χ0n) is 17.1. The maximum atomic E-state index is 13.1. The molecule has 0 aliphatic heterocycles. The molecule has 0 saturated heterocycles. The van der Waals surface area contributed by atoms with Crippen molar-refractivity contribution in [2.45, 2.75) is 31.7 Å². The van der Waals surface area contributed by atoms with Gasteiger partial charge in [-0.3, -0.25) is 9.36 Å². The summed E-state index contributed by atoms with van der Waals surface area (Å²) in [5.74, 6) is 0.736. The normalized spacial score (nSPS) is 11.7. The van der Waals surface area contributed by atoms with E-state index in [1.807, 2.05) is 24.5 Å². The van der Waals surface area contributed by atoms with Crippen LogP contribution in [0.25, 0.3) is 0 Å². The van der Waals surface area contributed by atoms with Gasteiger partial charge in [0.2, 0.25) is 5.91 Å². The van der Waals surface area contributed by atoms with Crippen LogP contribution in [0.3, 0.4) is 0 Å². The summed E-state index contributed by atoms with van der Waals surface area (Å²) in [7, 11) is 0. The SMILES string of the molecule is C=CCn1c(SCC(=O)Nc2cc(Cl)ccc2C)nnc1C(C)Oc1ccc(F)cc1. The summed E-state index contributed by atoms with van der Waals surface area (Å²) in [6.45, 7) is 7.96. The molecule has 1 unspecified atom stereocenters. The Bertz CT molecular complexity index is 1070. The first-order valence-corrected chi connectivity index (χ1v) is 10.9. The van der Waals surface area contributed by atoms with Crippen LogP contribution in [0.5, 0.6) is 5.75 Å². The number of rotatable bonds is 9. The number of anilines is 1. The molecule has 9 heteroatoms. The van der Waals surface area contributed by atoms with Gasteiger partial charge in [-0.15, -0.1) is 16.8 Å². The van der Waals surface area contributed by atoms with Crippen LogP contribution in [0.2, 0.25) is 5.02 Å². The lowest BCUT2D eigenvalue weighted by Gasteiger charge is -2.15. The number of hydrogen-bond donors (Lipinski definition) is 1. The van der Waals surface area contributed by atoms with E-state index in [2.05, 4.69) is 22.1 Å². The van der Waals surface area contributed by atoms with Crippen molar-refractivity contribution < 1.29 is 13.9 Å². The quantitative estimate of drug-likeness (QED) is 0.340. The highest BCUT2D eigenvalue weighted by atomic mass is 35.5. The van der Waals surface area contributed by atoms with Crippen molar-refractivity contribution in [1.29, 1.82) is 0 Å². The monoisotopic (exact) mass is 460 g/mol. The minimum atomic E-state index is -0.435. The van der Waals surface area contributed by atoms with Gasteiger partial charge in [-0.2, -0.15) is 0 Å². The minimum Gasteiger partial charge on any atom is -0.483 e. The number of allylic oxidation sites excluding steroid dienone is 1. The van der Waals surface area contributed by atoms with E-state index in [0.717, 1.165) is 5.56 Å². The van der Waals surface area contributed by atoms with Crippen molar-refractivity contribution >= 4 is 35.0 Å². The molecule has 162 valence electrons. The second-order valence-electron chi connectivity index (χ2n) is 6.75. The van der Waals surface area contributed by atoms with Crippen LogP contribution < -0.4 is 10.1 Å². The van der Waals surface area contributed by atoms with Crippen LogP contribution >= 0.6 is 23.4 Å². The molecule has 0 saturated carbocycles. The maximum absolute atomic E-state index is 13.1. The number of benzene rings is 2. The number of nitrogens with one attached hydrogen (secondary N) is 1. The Morgan fingerprint density at radius 2 is 2.06 bits per heavy atom. The number of aryl methyl sites for hydroxylation is 1. The molecule has 1 atom stereocenters. The van der Waals surface area contributed by atoms with Gasteiger partial charge in [-0.1, -0.05) is 35.5 Å². The largest absolute Gasteiger partial charge is 0.483 e. The van der Waals surface area contributed by atoms with Crippen molar-refractivity contribution in [2.24, 2.45) is 0 Å². The lowest BCUT2D eigenvalue weighted by Crippen LogP contribution is -2.16. The maximum Gasteiger partial charge on any atom is 0.234 e. The van der Waals surface area contributed by atoms with Gasteiger partial charge in [0, 0.05) is 17.3 Å². The molecule has 6 nitrogen and oxygen atoms in total. The fourth-order valence-electron chi connectivity index (χ4n) is 2.82. The van der Waals surface area contributed by atoms with Crippen LogP contribution in [0.15, 0.2) is 60.3 Å². The molecular weight excluding hydrogens is 439 g/mol. The highest BCUT2D eigenvalue weighted by molar-refractivity contribution is 7.99. The van der Waals surface area contributed by atoms with Crippen LogP contribution in [0, 0.1) is 12.7 Å². The Hall–Kier alpha value is -2.84. The molecule has 1 N–H and O–H groups in total. The van der Waals surface area contributed by atoms with Crippen LogP contribution in [0.1, 0.15) is 24.4 Å². The predicted octanol–water partition coefficient (Wildman–Crippen LogP) is 5.44. The highest BCUT2D eigenvalue weighted by Gasteiger charge is 2.20. The molecular formula is C22H22ClFN4O2S. The van der Waals surface area contributed by atoms with E-state index in [1.54, 1.807) is 30.3 Å². The lowest BCUT2D eigenvalue weighted by molar-refractivity contribution is -0.113. The van der Waals surface area contributed by atoms with E-state index < -0.39 is 6.10 Å². The summed E-state index contributed by atoms with van der Waals surface area (Å²) in [4.78, 5) is 12.4. The minimum absolute atomic E-state index is 0.147. The molecule has 0 aliphatic rings. The summed E-state index contributed by atoms with van der Waals surface area (Å²) in [6, 6.07) is 11.1. The third-order valence-corrected chi connectivity index (χ3v) is 5.56. The molecule has 0 aliphatic carbocycles. The van der Waals surface area contributed by atoms with Gasteiger partial charge < -0.3 is 10.1 Å². The highest BCUT2D eigenvalue weighted by Crippen LogP contribution is 2.26. The van der Waals surface area contributed by atoms with Gasteiger partial charge in [-0.05, 0) is 55.8 Å². The first-order valence-electron chi connectivity index (χ1n) is 9.52. The van der Waals surface area contributed by atoms with Crippen LogP contribution in [-0.2, 0) is 11.3 Å². The second kappa shape index (κ2) is 10.5. The molecule has 0 radical (unpaired) electrons. The Balaban J connectivity index is 1.68. The van der Waals surface area contributed by atoms with E-state index in [0.29, 0.717) is 34.0 Å². The molecule has 3 rings (SSSR count). The first kappa shape index (κ1) is 22.8. The van der Waals surface area contributed by atoms with E-state index >= 15 is 0 Å². The summed E-state index contributed by atoms with van der Waals surface area (Å²) >= 11 is 7.27. The average Bonchev–Trinajstić information content (AvgIpc) is 3.14. The number of carbonyl (C=O) groups excluding carboxylic acids is 1.